The summed E-state index contributed by atoms with van der Waals surface area (Å²) in [6, 6.07) is 2.23. The van der Waals surface area contributed by atoms with Crippen molar-refractivity contribution >= 4 is 6.09 Å². The molecule has 4 atom stereocenters. The minimum atomic E-state index is -0.421. The monoisotopic (exact) mass is 309 g/mol. The van der Waals surface area contributed by atoms with Crippen molar-refractivity contribution in [2.24, 2.45) is 0 Å². The van der Waals surface area contributed by atoms with Crippen LogP contribution in [0.1, 0.15) is 59.3 Å². The number of hydrogen-bond acceptors (Lipinski definition) is 4. The molecule has 5 nitrogen and oxygen atoms in total. The predicted molar refractivity (Wildman–Crippen MR) is 86.9 cm³/mol. The largest absolute Gasteiger partial charge is 0.444 e. The Labute approximate surface area is 134 Å². The molecular weight excluding hydrogens is 278 g/mol. The van der Waals surface area contributed by atoms with Gasteiger partial charge in [-0.2, -0.15) is 0 Å². The molecular formula is C17H31N3O2. The molecule has 0 bridgehead atoms. The van der Waals surface area contributed by atoms with Crippen molar-refractivity contribution in [3.05, 3.63) is 0 Å². The van der Waals surface area contributed by atoms with Crippen LogP contribution < -0.4 is 10.6 Å². The van der Waals surface area contributed by atoms with Gasteiger partial charge in [0, 0.05) is 30.7 Å². The van der Waals surface area contributed by atoms with Crippen LogP contribution in [0.3, 0.4) is 0 Å². The number of nitrogens with zero attached hydrogens (tertiary/aromatic N) is 1. The maximum Gasteiger partial charge on any atom is 0.407 e. The molecule has 3 fully saturated rings. The summed E-state index contributed by atoms with van der Waals surface area (Å²) in [4.78, 5) is 14.5. The summed E-state index contributed by atoms with van der Waals surface area (Å²) in [6.45, 7) is 8.25. The fourth-order valence-electron chi connectivity index (χ4n) is 4.32. The number of alkyl carbamates (subject to hydrolysis) is 1. The lowest BCUT2D eigenvalue weighted by Crippen LogP contribution is -2.44. The van der Waals surface area contributed by atoms with E-state index in [2.05, 4.69) is 15.5 Å². The van der Waals surface area contributed by atoms with E-state index in [0.717, 1.165) is 25.3 Å². The summed E-state index contributed by atoms with van der Waals surface area (Å²) in [6.07, 6.45) is 6.96. The maximum atomic E-state index is 11.9. The van der Waals surface area contributed by atoms with Crippen molar-refractivity contribution in [2.75, 3.05) is 13.1 Å². The topological polar surface area (TPSA) is 53.6 Å². The average Bonchev–Trinajstić information content (AvgIpc) is 3.06. The van der Waals surface area contributed by atoms with Crippen molar-refractivity contribution in [2.45, 2.75) is 89.1 Å². The minimum absolute atomic E-state index is 0.258. The third-order valence-electron chi connectivity index (χ3n) is 5.21. The summed E-state index contributed by atoms with van der Waals surface area (Å²) in [5.74, 6) is 0. The van der Waals surface area contributed by atoms with Gasteiger partial charge in [0.1, 0.15) is 5.60 Å². The van der Waals surface area contributed by atoms with Crippen LogP contribution >= 0.6 is 0 Å². The molecule has 1 saturated carbocycles. The van der Waals surface area contributed by atoms with Gasteiger partial charge < -0.3 is 15.4 Å². The lowest BCUT2D eigenvalue weighted by atomic mass is 10.0. The van der Waals surface area contributed by atoms with Crippen LogP contribution in [0.5, 0.6) is 0 Å². The van der Waals surface area contributed by atoms with Crippen molar-refractivity contribution in [3.8, 4) is 0 Å². The molecule has 0 aromatic heterocycles. The fourth-order valence-corrected chi connectivity index (χ4v) is 4.32. The highest BCUT2D eigenvalue weighted by atomic mass is 16.6. The number of amides is 1. The molecule has 1 aliphatic carbocycles. The Morgan fingerprint density at radius 1 is 1.09 bits per heavy atom. The maximum absolute atomic E-state index is 11.9. The van der Waals surface area contributed by atoms with Gasteiger partial charge in [-0.3, -0.25) is 4.90 Å². The number of carbonyl (C=O) groups is 1. The first-order valence-electron chi connectivity index (χ1n) is 8.90. The zero-order valence-electron chi connectivity index (χ0n) is 14.2. The van der Waals surface area contributed by atoms with E-state index in [0.29, 0.717) is 12.1 Å². The Bertz CT molecular complexity index is 407. The molecule has 0 aromatic rings. The Hall–Kier alpha value is -0.810. The van der Waals surface area contributed by atoms with Gasteiger partial charge in [0.05, 0.1) is 0 Å². The van der Waals surface area contributed by atoms with Gasteiger partial charge >= 0.3 is 6.09 Å². The summed E-state index contributed by atoms with van der Waals surface area (Å²) < 4.78 is 5.35. The van der Waals surface area contributed by atoms with E-state index in [-0.39, 0.29) is 12.1 Å². The minimum Gasteiger partial charge on any atom is -0.444 e. The number of nitrogens with one attached hydrogen (secondary N) is 2. The van der Waals surface area contributed by atoms with Crippen molar-refractivity contribution in [1.82, 2.24) is 15.5 Å². The zero-order chi connectivity index (χ0) is 15.7. The first-order chi connectivity index (χ1) is 10.4. The Morgan fingerprint density at radius 2 is 1.86 bits per heavy atom. The first-order valence-corrected chi connectivity index (χ1v) is 8.90. The third kappa shape index (κ3) is 3.93. The second kappa shape index (κ2) is 6.36. The number of hydrogen-bond donors (Lipinski definition) is 2. The van der Waals surface area contributed by atoms with Gasteiger partial charge in [0.25, 0.3) is 0 Å². The second-order valence-corrected chi connectivity index (χ2v) is 8.16. The van der Waals surface area contributed by atoms with Crippen LogP contribution in [0.15, 0.2) is 0 Å². The van der Waals surface area contributed by atoms with Crippen LogP contribution in [0.4, 0.5) is 4.79 Å². The molecule has 2 saturated heterocycles. The number of fused-ring (bicyclic) bond motifs is 1. The molecule has 4 unspecified atom stereocenters. The number of rotatable bonds is 3. The van der Waals surface area contributed by atoms with Crippen LogP contribution in [0, 0.1) is 0 Å². The van der Waals surface area contributed by atoms with Gasteiger partial charge in [-0.1, -0.05) is 0 Å². The molecule has 0 radical (unpaired) electrons. The third-order valence-corrected chi connectivity index (χ3v) is 5.21. The lowest BCUT2D eigenvalue weighted by molar-refractivity contribution is 0.0505. The van der Waals surface area contributed by atoms with E-state index >= 15 is 0 Å². The van der Waals surface area contributed by atoms with E-state index in [1.807, 2.05) is 20.8 Å². The quantitative estimate of drug-likeness (QED) is 0.839. The Morgan fingerprint density at radius 3 is 2.64 bits per heavy atom. The zero-order valence-corrected chi connectivity index (χ0v) is 14.2. The Balaban J connectivity index is 1.42. The van der Waals surface area contributed by atoms with E-state index < -0.39 is 5.60 Å². The predicted octanol–water partition coefficient (Wildman–Crippen LogP) is 2.26. The average molecular weight is 309 g/mol. The van der Waals surface area contributed by atoms with E-state index in [9.17, 15) is 4.79 Å². The molecule has 126 valence electrons. The van der Waals surface area contributed by atoms with E-state index in [1.54, 1.807) is 0 Å². The standard InChI is InChI=1S/C17H31N3O2/c1-17(2,3)22-16(21)19-13-7-6-12(11-13)18-14-8-10-20-9-4-5-15(14)20/h12-15,18H,4-11H2,1-3H3,(H,19,21). The summed E-state index contributed by atoms with van der Waals surface area (Å²) in [7, 11) is 0. The van der Waals surface area contributed by atoms with Crippen LogP contribution in [-0.4, -0.2) is 53.9 Å². The van der Waals surface area contributed by atoms with Crippen LogP contribution in [0.25, 0.3) is 0 Å². The molecule has 3 rings (SSSR count). The highest BCUT2D eigenvalue weighted by Crippen LogP contribution is 2.30. The summed E-state index contributed by atoms with van der Waals surface area (Å²) in [5.41, 5.74) is -0.421. The van der Waals surface area contributed by atoms with Gasteiger partial charge in [-0.05, 0) is 65.8 Å². The summed E-state index contributed by atoms with van der Waals surface area (Å²) >= 11 is 0. The molecule has 2 N–H and O–H groups in total. The van der Waals surface area contributed by atoms with Crippen molar-refractivity contribution in [1.29, 1.82) is 0 Å². The molecule has 2 aliphatic heterocycles. The lowest BCUT2D eigenvalue weighted by Gasteiger charge is -2.25. The smallest absolute Gasteiger partial charge is 0.407 e. The molecule has 22 heavy (non-hydrogen) atoms. The highest BCUT2D eigenvalue weighted by molar-refractivity contribution is 5.68. The van der Waals surface area contributed by atoms with Crippen LogP contribution in [0.2, 0.25) is 0 Å². The van der Waals surface area contributed by atoms with Crippen LogP contribution in [-0.2, 0) is 4.74 Å². The van der Waals surface area contributed by atoms with Crippen molar-refractivity contribution in [3.63, 3.8) is 0 Å². The number of ether oxygens (including phenoxy) is 1. The molecule has 5 heteroatoms. The van der Waals surface area contributed by atoms with E-state index in [1.165, 1.54) is 32.4 Å². The van der Waals surface area contributed by atoms with Gasteiger partial charge in [-0.15, -0.1) is 0 Å². The summed E-state index contributed by atoms with van der Waals surface area (Å²) in [5, 5.41) is 6.89. The highest BCUT2D eigenvalue weighted by Gasteiger charge is 2.39. The molecule has 1 amide bonds. The second-order valence-electron chi connectivity index (χ2n) is 8.16. The van der Waals surface area contributed by atoms with E-state index in [4.69, 9.17) is 4.74 Å². The molecule has 0 spiro atoms. The Kier molecular flexibility index (Phi) is 4.64. The molecule has 2 heterocycles. The number of carbonyl (C=O) groups excluding carboxylic acids is 1. The molecule has 0 aromatic carbocycles. The van der Waals surface area contributed by atoms with Gasteiger partial charge in [-0.25, -0.2) is 4.79 Å². The first kappa shape index (κ1) is 16.1. The normalized spacial score (nSPS) is 35.6. The van der Waals surface area contributed by atoms with Gasteiger partial charge in [0.15, 0.2) is 0 Å². The van der Waals surface area contributed by atoms with Gasteiger partial charge in [0.2, 0.25) is 0 Å². The molecule has 3 aliphatic rings. The SMILES string of the molecule is CC(C)(C)OC(=O)NC1CCC(NC2CCN3CCCC23)C1. The van der Waals surface area contributed by atoms with Crippen molar-refractivity contribution < 1.29 is 9.53 Å². The fraction of sp³-hybridized carbons (Fsp3) is 0.941.